The van der Waals surface area contributed by atoms with E-state index in [1.807, 2.05) is 49.4 Å². The predicted octanol–water partition coefficient (Wildman–Crippen LogP) is 2.83. The second-order valence-corrected chi connectivity index (χ2v) is 8.94. The van der Waals surface area contributed by atoms with Gasteiger partial charge in [0.15, 0.2) is 16.3 Å². The fraction of sp³-hybridized carbons (Fsp3) is 0.296. The van der Waals surface area contributed by atoms with Crippen LogP contribution in [-0.4, -0.2) is 44.6 Å². The molecule has 0 bridgehead atoms. The fourth-order valence-electron chi connectivity index (χ4n) is 4.08. The number of nitrogens with zero attached hydrogens (tertiary/aromatic N) is 2. The quantitative estimate of drug-likeness (QED) is 0.326. The molecule has 0 N–H and O–H groups in total. The number of hydrogen-bond donors (Lipinski definition) is 0. The first-order valence-electron chi connectivity index (χ1n) is 11.5. The summed E-state index contributed by atoms with van der Waals surface area (Å²) < 4.78 is 24.1. The SMILES string of the molecule is CCOc1c(OC)cccc1[C@@H]1C(C(=O)OCCOC)=C(C)N=c2s/c(=C/c3ccccc3)c(=O)n21. The lowest BCUT2D eigenvalue weighted by Crippen LogP contribution is -2.40. The van der Waals surface area contributed by atoms with Crippen molar-refractivity contribution in [3.8, 4) is 11.5 Å². The molecule has 0 fully saturated rings. The second-order valence-electron chi connectivity index (χ2n) is 7.93. The number of allylic oxidation sites excluding steroid dienone is 1. The highest BCUT2D eigenvalue weighted by Crippen LogP contribution is 2.40. The average Bonchev–Trinajstić information content (AvgIpc) is 3.18. The van der Waals surface area contributed by atoms with Gasteiger partial charge in [-0.25, -0.2) is 9.79 Å². The lowest BCUT2D eigenvalue weighted by Gasteiger charge is -2.27. The summed E-state index contributed by atoms with van der Waals surface area (Å²) in [5, 5.41) is 0. The fourth-order valence-corrected chi connectivity index (χ4v) is 5.13. The monoisotopic (exact) mass is 508 g/mol. The summed E-state index contributed by atoms with van der Waals surface area (Å²) in [5.41, 5.74) is 1.98. The zero-order chi connectivity index (χ0) is 25.7. The van der Waals surface area contributed by atoms with E-state index in [1.165, 1.54) is 23.0 Å². The Hall–Kier alpha value is -3.69. The third-order valence-electron chi connectivity index (χ3n) is 5.67. The van der Waals surface area contributed by atoms with Gasteiger partial charge in [-0.3, -0.25) is 9.36 Å². The lowest BCUT2D eigenvalue weighted by atomic mass is 9.94. The third-order valence-corrected chi connectivity index (χ3v) is 6.66. The van der Waals surface area contributed by atoms with Crippen LogP contribution in [0, 0.1) is 0 Å². The molecular weight excluding hydrogens is 480 g/mol. The summed E-state index contributed by atoms with van der Waals surface area (Å²) >= 11 is 1.27. The number of methoxy groups -OCH3 is 2. The molecule has 1 aliphatic rings. The van der Waals surface area contributed by atoms with Gasteiger partial charge in [-0.05, 0) is 31.6 Å². The summed E-state index contributed by atoms with van der Waals surface area (Å²) in [5.74, 6) is 0.394. The van der Waals surface area contributed by atoms with E-state index in [4.69, 9.17) is 18.9 Å². The molecule has 2 aromatic carbocycles. The Bertz CT molecular complexity index is 1460. The number of rotatable bonds is 9. The number of carbonyl (C=O) groups excluding carboxylic acids is 1. The van der Waals surface area contributed by atoms with Gasteiger partial charge >= 0.3 is 5.97 Å². The van der Waals surface area contributed by atoms with Crippen molar-refractivity contribution in [1.82, 2.24) is 4.57 Å². The number of esters is 1. The molecule has 2 heterocycles. The molecule has 0 radical (unpaired) electrons. The summed E-state index contributed by atoms with van der Waals surface area (Å²) in [4.78, 5) is 32.2. The van der Waals surface area contributed by atoms with E-state index in [1.54, 1.807) is 26.2 Å². The van der Waals surface area contributed by atoms with Crippen LogP contribution in [0.5, 0.6) is 11.5 Å². The van der Waals surface area contributed by atoms with Gasteiger partial charge in [0.05, 0.1) is 36.1 Å². The minimum absolute atomic E-state index is 0.0771. The van der Waals surface area contributed by atoms with Crippen LogP contribution in [0.1, 0.15) is 31.0 Å². The summed E-state index contributed by atoms with van der Waals surface area (Å²) in [6.45, 7) is 4.31. The van der Waals surface area contributed by atoms with E-state index < -0.39 is 12.0 Å². The van der Waals surface area contributed by atoms with E-state index in [0.717, 1.165) is 5.56 Å². The van der Waals surface area contributed by atoms with Gasteiger partial charge in [0, 0.05) is 12.7 Å². The lowest BCUT2D eigenvalue weighted by molar-refractivity contribution is -0.140. The van der Waals surface area contributed by atoms with Crippen LogP contribution in [-0.2, 0) is 14.3 Å². The minimum Gasteiger partial charge on any atom is -0.493 e. The standard InChI is InChI=1S/C27H28N2O6S/c1-5-34-24-19(12-9-13-20(24)33-4)23-22(26(31)35-15-14-32-3)17(2)28-27-29(23)25(30)21(36-27)16-18-10-7-6-8-11-18/h6-13,16,23H,5,14-15H2,1-4H3/b21-16+/t23-/m1/s1. The van der Waals surface area contributed by atoms with E-state index in [-0.39, 0.29) is 24.3 Å². The van der Waals surface area contributed by atoms with Crippen LogP contribution in [0.15, 0.2) is 69.6 Å². The Kier molecular flexibility index (Phi) is 8.02. The zero-order valence-corrected chi connectivity index (χ0v) is 21.5. The molecule has 1 aromatic heterocycles. The number of benzene rings is 2. The van der Waals surface area contributed by atoms with Crippen molar-refractivity contribution >= 4 is 23.4 Å². The largest absolute Gasteiger partial charge is 0.493 e. The summed E-state index contributed by atoms with van der Waals surface area (Å²) in [6, 6.07) is 14.2. The maximum absolute atomic E-state index is 13.8. The molecule has 8 nitrogen and oxygen atoms in total. The highest BCUT2D eigenvalue weighted by Gasteiger charge is 2.36. The number of aromatic nitrogens is 1. The van der Waals surface area contributed by atoms with Crippen molar-refractivity contribution in [2.45, 2.75) is 19.9 Å². The Labute approximate surface area is 212 Å². The first-order valence-corrected chi connectivity index (χ1v) is 12.3. The van der Waals surface area contributed by atoms with E-state index >= 15 is 0 Å². The molecule has 0 aliphatic carbocycles. The average molecular weight is 509 g/mol. The Balaban J connectivity index is 1.97. The van der Waals surface area contributed by atoms with Gasteiger partial charge < -0.3 is 18.9 Å². The molecular formula is C27H28N2O6S. The zero-order valence-electron chi connectivity index (χ0n) is 20.6. The molecule has 0 saturated heterocycles. The van der Waals surface area contributed by atoms with Crippen molar-refractivity contribution in [3.05, 3.63) is 90.6 Å². The van der Waals surface area contributed by atoms with Crippen molar-refractivity contribution in [3.63, 3.8) is 0 Å². The van der Waals surface area contributed by atoms with Crippen LogP contribution >= 0.6 is 11.3 Å². The van der Waals surface area contributed by atoms with Crippen molar-refractivity contribution in [1.29, 1.82) is 0 Å². The normalized spacial score (nSPS) is 15.3. The van der Waals surface area contributed by atoms with Crippen molar-refractivity contribution < 1.29 is 23.7 Å². The maximum atomic E-state index is 13.8. The highest BCUT2D eigenvalue weighted by molar-refractivity contribution is 7.07. The molecule has 1 atom stereocenters. The van der Waals surface area contributed by atoms with Gasteiger partial charge in [0.1, 0.15) is 12.6 Å². The molecule has 4 rings (SSSR count). The smallest absolute Gasteiger partial charge is 0.338 e. The molecule has 1 aliphatic heterocycles. The number of para-hydroxylation sites is 1. The maximum Gasteiger partial charge on any atom is 0.338 e. The summed E-state index contributed by atoms with van der Waals surface area (Å²) in [6.07, 6.45) is 1.83. The molecule has 9 heteroatoms. The molecule has 188 valence electrons. The molecule has 0 unspecified atom stereocenters. The van der Waals surface area contributed by atoms with Gasteiger partial charge in [-0.1, -0.05) is 53.8 Å². The second kappa shape index (κ2) is 11.4. The number of carbonyl (C=O) groups is 1. The molecule has 0 amide bonds. The Morgan fingerprint density at radius 1 is 1.11 bits per heavy atom. The molecule has 0 saturated carbocycles. The number of fused-ring (bicyclic) bond motifs is 1. The van der Waals surface area contributed by atoms with E-state index in [2.05, 4.69) is 4.99 Å². The van der Waals surface area contributed by atoms with Crippen LogP contribution in [0.25, 0.3) is 6.08 Å². The number of hydrogen-bond acceptors (Lipinski definition) is 8. The minimum atomic E-state index is -0.814. The van der Waals surface area contributed by atoms with Crippen molar-refractivity contribution in [2.75, 3.05) is 34.0 Å². The van der Waals surface area contributed by atoms with Crippen molar-refractivity contribution in [2.24, 2.45) is 4.99 Å². The van der Waals surface area contributed by atoms with Crippen LogP contribution in [0.2, 0.25) is 0 Å². The molecule has 36 heavy (non-hydrogen) atoms. The third kappa shape index (κ3) is 4.98. The first-order chi connectivity index (χ1) is 17.5. The molecule has 3 aromatic rings. The van der Waals surface area contributed by atoms with Gasteiger partial charge in [0.25, 0.3) is 5.56 Å². The van der Waals surface area contributed by atoms with Crippen LogP contribution in [0.4, 0.5) is 0 Å². The highest BCUT2D eigenvalue weighted by atomic mass is 32.1. The van der Waals surface area contributed by atoms with E-state index in [9.17, 15) is 9.59 Å². The Morgan fingerprint density at radius 2 is 1.89 bits per heavy atom. The number of ether oxygens (including phenoxy) is 4. The molecule has 0 spiro atoms. The number of thiazole rings is 1. The summed E-state index contributed by atoms with van der Waals surface area (Å²) in [7, 11) is 3.08. The van der Waals surface area contributed by atoms with Gasteiger partial charge in [-0.15, -0.1) is 0 Å². The topological polar surface area (TPSA) is 88.4 Å². The van der Waals surface area contributed by atoms with Gasteiger partial charge in [-0.2, -0.15) is 0 Å². The van der Waals surface area contributed by atoms with Gasteiger partial charge in [0.2, 0.25) is 0 Å². The van der Waals surface area contributed by atoms with E-state index in [0.29, 0.717) is 38.7 Å². The first kappa shape index (κ1) is 25.4. The van der Waals surface area contributed by atoms with Crippen LogP contribution in [0.3, 0.4) is 0 Å². The Morgan fingerprint density at radius 3 is 2.58 bits per heavy atom. The predicted molar refractivity (Wildman–Crippen MR) is 137 cm³/mol. The van der Waals surface area contributed by atoms with Crippen LogP contribution < -0.4 is 24.4 Å².